The van der Waals surface area contributed by atoms with E-state index < -0.39 is 15.9 Å². The van der Waals surface area contributed by atoms with Crippen molar-refractivity contribution in [2.45, 2.75) is 29.8 Å². The fraction of sp³-hybridized carbons (Fsp3) is 0.238. The first-order chi connectivity index (χ1) is 13.9. The Bertz CT molecular complexity index is 1170. The van der Waals surface area contributed by atoms with E-state index in [0.29, 0.717) is 11.7 Å². The largest absolute Gasteiger partial charge is 0.295 e. The topological polar surface area (TPSA) is 72.3 Å². The van der Waals surface area contributed by atoms with E-state index in [1.807, 2.05) is 29.0 Å². The van der Waals surface area contributed by atoms with Gasteiger partial charge in [0.15, 0.2) is 5.16 Å². The van der Waals surface area contributed by atoms with Crippen LogP contribution in [0.15, 0.2) is 71.0 Å². The summed E-state index contributed by atoms with van der Waals surface area (Å²) >= 11 is 1.43. The maximum absolute atomic E-state index is 12.7. The monoisotopic (exact) mass is 427 g/mol. The van der Waals surface area contributed by atoms with E-state index >= 15 is 0 Å². The molecule has 0 N–H and O–H groups in total. The number of thioether (sulfide) groups is 1. The van der Waals surface area contributed by atoms with Crippen LogP contribution in [-0.2, 0) is 10.0 Å². The van der Waals surface area contributed by atoms with Crippen LogP contribution in [0.2, 0.25) is 0 Å². The summed E-state index contributed by atoms with van der Waals surface area (Å²) < 4.78 is 28.3. The minimum atomic E-state index is -3.77. The molecular formula is C21H21N3O3S2. The SMILES string of the molecule is CC(C)c1ccccc1-n1ccnc1SCCN1C(=O)c2ccccc2S1(=O)=O. The molecule has 1 aliphatic heterocycles. The Kier molecular flexibility index (Phi) is 5.23. The number of amides is 1. The van der Waals surface area contributed by atoms with Gasteiger partial charge in [-0.3, -0.25) is 9.36 Å². The second-order valence-electron chi connectivity index (χ2n) is 7.02. The Labute approximate surface area is 174 Å². The average Bonchev–Trinajstić information content (AvgIpc) is 3.25. The van der Waals surface area contributed by atoms with Crippen LogP contribution in [0, 0.1) is 0 Å². The van der Waals surface area contributed by atoms with Gasteiger partial charge in [0.25, 0.3) is 15.9 Å². The van der Waals surface area contributed by atoms with Crippen molar-refractivity contribution >= 4 is 27.7 Å². The minimum absolute atomic E-state index is 0.0855. The lowest BCUT2D eigenvalue weighted by atomic mass is 10.0. The summed E-state index contributed by atoms with van der Waals surface area (Å²) in [6.45, 7) is 4.38. The van der Waals surface area contributed by atoms with E-state index in [-0.39, 0.29) is 17.0 Å². The number of sulfonamides is 1. The number of fused-ring (bicyclic) bond motifs is 1. The van der Waals surface area contributed by atoms with Crippen molar-refractivity contribution in [3.63, 3.8) is 0 Å². The van der Waals surface area contributed by atoms with Crippen molar-refractivity contribution in [3.05, 3.63) is 72.1 Å². The van der Waals surface area contributed by atoms with Crippen LogP contribution in [0.3, 0.4) is 0 Å². The fourth-order valence-electron chi connectivity index (χ4n) is 3.45. The van der Waals surface area contributed by atoms with Crippen LogP contribution in [0.5, 0.6) is 0 Å². The van der Waals surface area contributed by atoms with Gasteiger partial charge in [0.2, 0.25) is 0 Å². The molecule has 2 heterocycles. The molecule has 1 amide bonds. The number of aromatic nitrogens is 2. The molecule has 2 aromatic carbocycles. The molecule has 3 aromatic rings. The van der Waals surface area contributed by atoms with Gasteiger partial charge in [0, 0.05) is 24.7 Å². The summed E-state index contributed by atoms with van der Waals surface area (Å²) in [7, 11) is -3.77. The van der Waals surface area contributed by atoms with Gasteiger partial charge in [0.1, 0.15) is 4.90 Å². The molecule has 4 rings (SSSR count). The molecule has 0 aliphatic carbocycles. The van der Waals surface area contributed by atoms with E-state index in [0.717, 1.165) is 15.1 Å². The predicted octanol–water partition coefficient (Wildman–Crippen LogP) is 3.93. The van der Waals surface area contributed by atoms with Crippen LogP contribution < -0.4 is 0 Å². The Morgan fingerprint density at radius 3 is 2.55 bits per heavy atom. The van der Waals surface area contributed by atoms with Gasteiger partial charge >= 0.3 is 0 Å². The highest BCUT2D eigenvalue weighted by Gasteiger charge is 2.40. The van der Waals surface area contributed by atoms with Crippen molar-refractivity contribution in [2.24, 2.45) is 0 Å². The Morgan fingerprint density at radius 2 is 1.79 bits per heavy atom. The van der Waals surface area contributed by atoms with E-state index in [1.165, 1.54) is 23.4 Å². The molecular weight excluding hydrogens is 406 g/mol. The second-order valence-corrected chi connectivity index (χ2v) is 9.91. The molecule has 0 radical (unpaired) electrons. The van der Waals surface area contributed by atoms with E-state index in [4.69, 9.17) is 0 Å². The maximum Gasteiger partial charge on any atom is 0.269 e. The normalized spacial score (nSPS) is 15.1. The van der Waals surface area contributed by atoms with Gasteiger partial charge in [-0.05, 0) is 29.7 Å². The number of rotatable bonds is 6. The molecule has 0 saturated carbocycles. The lowest BCUT2D eigenvalue weighted by Crippen LogP contribution is -2.32. The highest BCUT2D eigenvalue weighted by atomic mass is 32.2. The van der Waals surface area contributed by atoms with Crippen molar-refractivity contribution in [2.75, 3.05) is 12.3 Å². The van der Waals surface area contributed by atoms with Crippen molar-refractivity contribution in [1.82, 2.24) is 13.9 Å². The summed E-state index contributed by atoms with van der Waals surface area (Å²) in [5.74, 6) is 0.312. The molecule has 150 valence electrons. The Morgan fingerprint density at radius 1 is 1.07 bits per heavy atom. The summed E-state index contributed by atoms with van der Waals surface area (Å²) in [5.41, 5.74) is 2.50. The zero-order valence-electron chi connectivity index (χ0n) is 16.1. The number of imidazole rings is 1. The fourth-order valence-corrected chi connectivity index (χ4v) is 6.02. The number of nitrogens with zero attached hydrogens (tertiary/aromatic N) is 3. The quantitative estimate of drug-likeness (QED) is 0.557. The predicted molar refractivity (Wildman–Crippen MR) is 113 cm³/mol. The van der Waals surface area contributed by atoms with Crippen molar-refractivity contribution in [3.8, 4) is 5.69 Å². The van der Waals surface area contributed by atoms with Crippen LogP contribution in [0.4, 0.5) is 0 Å². The summed E-state index contributed by atoms with van der Waals surface area (Å²) in [6.07, 6.45) is 3.63. The molecule has 0 atom stereocenters. The van der Waals surface area contributed by atoms with E-state index in [9.17, 15) is 13.2 Å². The van der Waals surface area contributed by atoms with Gasteiger partial charge in [-0.15, -0.1) is 0 Å². The second kappa shape index (κ2) is 7.68. The molecule has 0 spiro atoms. The summed E-state index contributed by atoms with van der Waals surface area (Å²) in [4.78, 5) is 17.0. The number of hydrogen-bond donors (Lipinski definition) is 0. The van der Waals surface area contributed by atoms with Crippen LogP contribution in [0.25, 0.3) is 5.69 Å². The van der Waals surface area contributed by atoms with E-state index in [1.54, 1.807) is 24.4 Å². The average molecular weight is 428 g/mol. The molecule has 1 aromatic heterocycles. The van der Waals surface area contributed by atoms with Gasteiger partial charge in [-0.1, -0.05) is 55.9 Å². The highest BCUT2D eigenvalue weighted by Crippen LogP contribution is 2.31. The molecule has 8 heteroatoms. The van der Waals surface area contributed by atoms with Gasteiger partial charge in [-0.2, -0.15) is 0 Å². The molecule has 0 bridgehead atoms. The Balaban J connectivity index is 1.52. The van der Waals surface area contributed by atoms with Gasteiger partial charge < -0.3 is 0 Å². The number of carbonyl (C=O) groups is 1. The molecule has 0 fully saturated rings. The van der Waals surface area contributed by atoms with Crippen molar-refractivity contribution in [1.29, 1.82) is 0 Å². The number of hydrogen-bond acceptors (Lipinski definition) is 5. The van der Waals surface area contributed by atoms with Crippen LogP contribution >= 0.6 is 11.8 Å². The Hall–Kier alpha value is -2.58. The molecule has 0 unspecified atom stereocenters. The zero-order valence-corrected chi connectivity index (χ0v) is 17.8. The lowest BCUT2D eigenvalue weighted by Gasteiger charge is -2.16. The first-order valence-electron chi connectivity index (χ1n) is 9.33. The maximum atomic E-state index is 12.7. The van der Waals surface area contributed by atoms with Gasteiger partial charge in [0.05, 0.1) is 11.3 Å². The summed E-state index contributed by atoms with van der Waals surface area (Å²) in [5, 5.41) is 0.764. The smallest absolute Gasteiger partial charge is 0.269 e. The number of benzene rings is 2. The third-order valence-corrected chi connectivity index (χ3v) is 7.65. The molecule has 0 saturated heterocycles. The first kappa shape index (κ1) is 19.7. The van der Waals surface area contributed by atoms with Crippen LogP contribution in [-0.4, -0.2) is 40.5 Å². The number of para-hydroxylation sites is 1. The zero-order chi connectivity index (χ0) is 20.6. The lowest BCUT2D eigenvalue weighted by molar-refractivity contribution is 0.0876. The third-order valence-electron chi connectivity index (χ3n) is 4.86. The third kappa shape index (κ3) is 3.47. The standard InChI is InChI=1S/C21H21N3O3S2/c1-15(2)16-7-3-5-9-18(16)23-12-11-22-21(23)28-14-13-24-20(25)17-8-4-6-10-19(17)29(24,26)27/h3-12,15H,13-14H2,1-2H3. The molecule has 6 nitrogen and oxygen atoms in total. The summed E-state index contributed by atoms with van der Waals surface area (Å²) in [6, 6.07) is 14.5. The van der Waals surface area contributed by atoms with Crippen molar-refractivity contribution < 1.29 is 13.2 Å². The highest BCUT2D eigenvalue weighted by molar-refractivity contribution is 7.99. The first-order valence-corrected chi connectivity index (χ1v) is 11.8. The van der Waals surface area contributed by atoms with Gasteiger partial charge in [-0.25, -0.2) is 17.7 Å². The molecule has 29 heavy (non-hydrogen) atoms. The minimum Gasteiger partial charge on any atom is -0.295 e. The van der Waals surface area contributed by atoms with E-state index in [2.05, 4.69) is 24.9 Å². The molecule has 1 aliphatic rings. The number of carbonyl (C=O) groups excluding carboxylic acids is 1. The van der Waals surface area contributed by atoms with Crippen LogP contribution in [0.1, 0.15) is 35.7 Å².